The molecule has 2 aliphatic rings. The summed E-state index contributed by atoms with van der Waals surface area (Å²) in [5.41, 5.74) is 1.88. The highest BCUT2D eigenvalue weighted by atomic mass is 32.2. The van der Waals surface area contributed by atoms with Crippen molar-refractivity contribution in [1.29, 1.82) is 0 Å². The van der Waals surface area contributed by atoms with Crippen molar-refractivity contribution in [1.82, 2.24) is 0 Å². The van der Waals surface area contributed by atoms with Crippen LogP contribution in [0.5, 0.6) is 0 Å². The molecule has 10 heteroatoms. The summed E-state index contributed by atoms with van der Waals surface area (Å²) in [6, 6.07) is 7.40. The Hall–Kier alpha value is -1.91. The highest BCUT2D eigenvalue weighted by Gasteiger charge is 2.49. The van der Waals surface area contributed by atoms with Gasteiger partial charge in [-0.15, -0.1) is 0 Å². The fourth-order valence-electron chi connectivity index (χ4n) is 3.41. The number of rotatable bonds is 6. The maximum Gasteiger partial charge on any atom is 0.329 e. The fraction of sp³-hybridized carbons (Fsp3) is 0.500. The molecule has 28 heavy (non-hydrogen) atoms. The molecule has 2 atom stereocenters. The minimum absolute atomic E-state index is 0.0137. The van der Waals surface area contributed by atoms with Crippen LogP contribution in [0.2, 0.25) is 0 Å². The fourth-order valence-corrected chi connectivity index (χ4v) is 7.33. The second-order valence-electron chi connectivity index (χ2n) is 7.06. The molecule has 1 aromatic carbocycles. The van der Waals surface area contributed by atoms with E-state index < -0.39 is 34.9 Å². The molecule has 0 bridgehead atoms. The number of thioether (sulfide) groups is 1. The number of hydrogen-bond donors (Lipinski definition) is 1. The van der Waals surface area contributed by atoms with E-state index in [-0.39, 0.29) is 28.7 Å². The van der Waals surface area contributed by atoms with Crippen LogP contribution in [-0.2, 0) is 24.2 Å². The normalized spacial score (nSPS) is 24.7. The Labute approximate surface area is 167 Å². The summed E-state index contributed by atoms with van der Waals surface area (Å²) in [6.45, 7) is 3.08. The lowest BCUT2D eigenvalue weighted by atomic mass is 9.99. The summed E-state index contributed by atoms with van der Waals surface area (Å²) in [4.78, 5) is 28.6. The van der Waals surface area contributed by atoms with Crippen LogP contribution in [0.1, 0.15) is 25.3 Å². The first-order valence-electron chi connectivity index (χ1n) is 8.84. The van der Waals surface area contributed by atoms with Crippen molar-refractivity contribution < 1.29 is 27.9 Å². The number of para-hydroxylation sites is 1. The molecule has 8 nitrogen and oxygen atoms in total. The number of aliphatic imine (C=N–C) groups is 1. The lowest BCUT2D eigenvalue weighted by molar-refractivity contribution is -0.143. The van der Waals surface area contributed by atoms with E-state index in [0.29, 0.717) is 5.17 Å². The Morgan fingerprint density at radius 3 is 2.68 bits per heavy atom. The van der Waals surface area contributed by atoms with E-state index in [9.17, 15) is 18.0 Å². The summed E-state index contributed by atoms with van der Waals surface area (Å²) in [5, 5.41) is 8.84. The zero-order valence-electron chi connectivity index (χ0n) is 15.6. The molecule has 2 aliphatic heterocycles. The standard InChI is InChI=1S/C18H22N2O6S2/c1-11(2)12-5-3-4-6-13(12)20-14-9-28(24,25)10-15(14)27-18(20)19-16(21)7-26-8-17(22)23/h3-6,11,14-15H,7-10H2,1-2H3,(H,22,23). The van der Waals surface area contributed by atoms with Gasteiger partial charge in [-0.2, -0.15) is 4.99 Å². The van der Waals surface area contributed by atoms with Crippen LogP contribution >= 0.6 is 11.8 Å². The molecular weight excluding hydrogens is 404 g/mol. The van der Waals surface area contributed by atoms with E-state index >= 15 is 0 Å². The number of anilines is 1. The number of fused-ring (bicyclic) bond motifs is 1. The first-order chi connectivity index (χ1) is 13.2. The zero-order chi connectivity index (χ0) is 20.5. The quantitative estimate of drug-likeness (QED) is 0.728. The molecule has 0 saturated carbocycles. The second kappa shape index (κ2) is 8.22. The van der Waals surface area contributed by atoms with Crippen LogP contribution in [-0.4, -0.2) is 66.6 Å². The number of carbonyl (C=O) groups excluding carboxylic acids is 1. The Kier molecular flexibility index (Phi) is 6.11. The highest BCUT2D eigenvalue weighted by molar-refractivity contribution is 8.16. The van der Waals surface area contributed by atoms with Crippen molar-refractivity contribution in [2.45, 2.75) is 31.1 Å². The average Bonchev–Trinajstić information content (AvgIpc) is 3.05. The molecule has 1 aromatic rings. The minimum atomic E-state index is -3.15. The molecule has 2 saturated heterocycles. The largest absolute Gasteiger partial charge is 0.480 e. The van der Waals surface area contributed by atoms with Gasteiger partial charge >= 0.3 is 5.97 Å². The smallest absolute Gasteiger partial charge is 0.329 e. The van der Waals surface area contributed by atoms with Crippen molar-refractivity contribution >= 4 is 44.3 Å². The monoisotopic (exact) mass is 426 g/mol. The van der Waals surface area contributed by atoms with Crippen molar-refractivity contribution in [3.63, 3.8) is 0 Å². The van der Waals surface area contributed by atoms with Crippen molar-refractivity contribution in [2.24, 2.45) is 4.99 Å². The predicted molar refractivity (Wildman–Crippen MR) is 108 cm³/mol. The summed E-state index contributed by atoms with van der Waals surface area (Å²) < 4.78 is 29.1. The van der Waals surface area contributed by atoms with Crippen LogP contribution in [0.3, 0.4) is 0 Å². The van der Waals surface area contributed by atoms with E-state index in [4.69, 9.17) is 9.84 Å². The third kappa shape index (κ3) is 4.56. The third-order valence-corrected chi connectivity index (χ3v) is 7.77. The summed E-state index contributed by atoms with van der Waals surface area (Å²) in [5.74, 6) is -1.50. The number of hydrogen-bond acceptors (Lipinski definition) is 6. The van der Waals surface area contributed by atoms with Gasteiger partial charge in [0.15, 0.2) is 15.0 Å². The van der Waals surface area contributed by atoms with E-state index in [2.05, 4.69) is 4.99 Å². The van der Waals surface area contributed by atoms with Gasteiger partial charge in [0, 0.05) is 10.9 Å². The van der Waals surface area contributed by atoms with Crippen LogP contribution in [0, 0.1) is 0 Å². The van der Waals surface area contributed by atoms with Gasteiger partial charge in [-0.05, 0) is 17.5 Å². The number of carboxylic acids is 1. The molecule has 2 heterocycles. The number of carbonyl (C=O) groups is 2. The van der Waals surface area contributed by atoms with Gasteiger partial charge in [0.2, 0.25) is 0 Å². The molecule has 0 spiro atoms. The Balaban J connectivity index is 1.93. The molecule has 3 rings (SSSR count). The van der Waals surface area contributed by atoms with Crippen molar-refractivity contribution in [3.05, 3.63) is 29.8 Å². The minimum Gasteiger partial charge on any atom is -0.480 e. The molecule has 0 aliphatic carbocycles. The number of aliphatic carboxylic acids is 1. The van der Waals surface area contributed by atoms with Gasteiger partial charge in [0.1, 0.15) is 13.2 Å². The van der Waals surface area contributed by atoms with Gasteiger partial charge in [0.25, 0.3) is 5.91 Å². The zero-order valence-corrected chi connectivity index (χ0v) is 17.2. The topological polar surface area (TPSA) is 113 Å². The van der Waals surface area contributed by atoms with Crippen molar-refractivity contribution in [3.8, 4) is 0 Å². The first kappa shape index (κ1) is 20.8. The van der Waals surface area contributed by atoms with E-state index in [1.54, 1.807) is 0 Å². The highest BCUT2D eigenvalue weighted by Crippen LogP contribution is 2.43. The maximum absolute atomic E-state index is 12.2. The van der Waals surface area contributed by atoms with Gasteiger partial charge in [0.05, 0.1) is 17.5 Å². The maximum atomic E-state index is 12.2. The SMILES string of the molecule is CC(C)c1ccccc1N1C(=NC(=O)COCC(=O)O)SC2CS(=O)(=O)CC21. The number of amidine groups is 1. The molecule has 2 fully saturated rings. The predicted octanol–water partition coefficient (Wildman–Crippen LogP) is 1.51. The number of sulfone groups is 1. The summed E-state index contributed by atoms with van der Waals surface area (Å²) in [6.07, 6.45) is 0. The summed E-state index contributed by atoms with van der Waals surface area (Å²) in [7, 11) is -3.15. The van der Waals surface area contributed by atoms with E-state index in [1.165, 1.54) is 11.8 Å². The van der Waals surface area contributed by atoms with Crippen LogP contribution in [0.25, 0.3) is 0 Å². The number of ether oxygens (including phenoxy) is 1. The molecule has 152 valence electrons. The average molecular weight is 427 g/mol. The number of nitrogens with zero attached hydrogens (tertiary/aromatic N) is 2. The summed E-state index contributed by atoms with van der Waals surface area (Å²) >= 11 is 1.28. The van der Waals surface area contributed by atoms with Gasteiger partial charge in [-0.1, -0.05) is 43.8 Å². The molecule has 0 aromatic heterocycles. The Bertz CT molecular complexity index is 912. The van der Waals surface area contributed by atoms with Crippen molar-refractivity contribution in [2.75, 3.05) is 29.6 Å². The van der Waals surface area contributed by atoms with E-state index in [0.717, 1.165) is 11.3 Å². The Morgan fingerprint density at radius 2 is 2.00 bits per heavy atom. The molecular formula is C18H22N2O6S2. The number of benzene rings is 1. The van der Waals surface area contributed by atoms with Crippen LogP contribution in [0.15, 0.2) is 29.3 Å². The lowest BCUT2D eigenvalue weighted by Gasteiger charge is -2.28. The second-order valence-corrected chi connectivity index (χ2v) is 10.4. The van der Waals surface area contributed by atoms with Gasteiger partial charge in [-0.25, -0.2) is 13.2 Å². The van der Waals surface area contributed by atoms with Gasteiger partial charge < -0.3 is 14.7 Å². The molecule has 1 amide bonds. The number of carboxylic acid groups (broad SMARTS) is 1. The Morgan fingerprint density at radius 1 is 1.29 bits per heavy atom. The van der Waals surface area contributed by atoms with Crippen LogP contribution in [0.4, 0.5) is 5.69 Å². The molecule has 0 radical (unpaired) electrons. The number of amides is 1. The van der Waals surface area contributed by atoms with Crippen LogP contribution < -0.4 is 4.90 Å². The van der Waals surface area contributed by atoms with Gasteiger partial charge in [-0.3, -0.25) is 4.79 Å². The molecule has 2 unspecified atom stereocenters. The molecule has 1 N–H and O–H groups in total. The third-order valence-electron chi connectivity index (χ3n) is 4.56. The van der Waals surface area contributed by atoms with E-state index in [1.807, 2.05) is 43.0 Å². The first-order valence-corrected chi connectivity index (χ1v) is 11.5. The lowest BCUT2D eigenvalue weighted by Crippen LogP contribution is -2.38.